The summed E-state index contributed by atoms with van der Waals surface area (Å²) in [7, 11) is -1.33. The summed E-state index contributed by atoms with van der Waals surface area (Å²) in [6.07, 6.45) is 20.0. The number of hydrogen-bond acceptors (Lipinski definition) is 20. The number of nitrogen functional groups attached to an aromatic ring is 2. The third-order valence-corrected chi connectivity index (χ3v) is 26.3. The number of nitrogens with zero attached hydrogens (tertiary/aromatic N) is 11. The number of fused-ring (bicyclic) bond motifs is 12. The van der Waals surface area contributed by atoms with Gasteiger partial charge < -0.3 is 79.4 Å². The normalized spacial score (nSPS) is 14.9. The molecule has 14 aromatic rings. The Labute approximate surface area is 868 Å². The Morgan fingerprint density at radius 3 is 1.19 bits per heavy atom. The minimum absolute atomic E-state index is 0. The van der Waals surface area contributed by atoms with Gasteiger partial charge in [0.15, 0.2) is 11.6 Å². The quantitative estimate of drug-likeness (QED) is 0.0155. The average Bonchev–Trinajstić information content (AvgIpc) is 1.62. The van der Waals surface area contributed by atoms with Gasteiger partial charge in [-0.05, 0) is 321 Å². The number of nitrogens with one attached hydrogen (secondary N) is 4. The fraction of sp³-hybridized carbons (Fsp3) is 0.344. The van der Waals surface area contributed by atoms with E-state index < -0.39 is 29.8 Å². The average molecular weight is 2260 g/mol. The molecule has 8 aromatic carbocycles. The van der Waals surface area contributed by atoms with E-state index in [1.54, 1.807) is 68.7 Å². The van der Waals surface area contributed by atoms with Gasteiger partial charge in [-0.1, -0.05) is 0 Å². The smallest absolute Gasteiger partial charge is 0.870 e. The number of piperidine rings is 1. The maximum absolute atomic E-state index is 13.0. The van der Waals surface area contributed by atoms with Gasteiger partial charge in [0, 0.05) is 175 Å². The number of hydrogen-bond donors (Lipinski definition) is 7. The maximum atomic E-state index is 13.0. The summed E-state index contributed by atoms with van der Waals surface area (Å²) in [5.41, 5.74) is 15.0. The van der Waals surface area contributed by atoms with Crippen LogP contribution in [0.4, 0.5) is 59.2 Å². The molecule has 0 atom stereocenters. The molecule has 2 fully saturated rings. The summed E-state index contributed by atoms with van der Waals surface area (Å²) in [5, 5.41) is 28.3. The monoisotopic (exact) mass is 2250 g/mol. The Morgan fingerprint density at radius 1 is 0.475 bits per heavy atom. The van der Waals surface area contributed by atoms with E-state index in [9.17, 15) is 54.7 Å². The number of aromatic carboxylic acids is 1. The summed E-state index contributed by atoms with van der Waals surface area (Å²) >= 11 is 28.1. The zero-order valence-corrected chi connectivity index (χ0v) is 86.1. The Bertz CT molecular complexity index is 6630. The van der Waals surface area contributed by atoms with Gasteiger partial charge in [-0.15, -0.1) is 26.3 Å². The summed E-state index contributed by atoms with van der Waals surface area (Å²) in [6.45, 7) is 17.2. The number of carboxylic acids is 1. The van der Waals surface area contributed by atoms with Crippen molar-refractivity contribution in [2.75, 3.05) is 47.2 Å². The molecule has 0 unspecified atom stereocenters. The van der Waals surface area contributed by atoms with Gasteiger partial charge in [-0.2, -0.15) is 10.2 Å². The summed E-state index contributed by atoms with van der Waals surface area (Å²) in [6, 6.07) is 38.1. The number of anilines is 5. The number of halogens is 14. The van der Waals surface area contributed by atoms with Crippen molar-refractivity contribution in [3.8, 4) is 28.5 Å². The van der Waals surface area contributed by atoms with Crippen LogP contribution in [-0.2, 0) is 61.2 Å². The van der Waals surface area contributed by atoms with Crippen LogP contribution in [0.3, 0.4) is 0 Å². The molecule has 141 heavy (non-hydrogen) atoms. The van der Waals surface area contributed by atoms with E-state index in [2.05, 4.69) is 159 Å². The SMILES string of the molecule is CC(=O)c1cc(Br)c2c(c1)nc1n2CCCC1.CC(=O)c1cc(N)c(N2CCCCC2)c(Br)c1.CC1(C)OB(c2ccn[nH]2)OC1(C)C.Nc1ccc(OC(F)(F)Cl)cc1.O=C(Nc1ccc(OC(F)(F)Cl)cc1)c1cc(-c2ccn[nH]2)c2c(c1)nc1n2CCCC1.O=C(Nc1ccc(OC(F)(F)Cl)cc1)c1cc(Br)c2c(c1)nc1n2CCCC1.O=C(O)c1cc(Br)c2c(c1)nc1n2CCCC1.[2H]CF.[Li+].[OH-]. The first-order valence-electron chi connectivity index (χ1n) is 45.0. The predicted octanol–water partition coefficient (Wildman–Crippen LogP) is 20.7. The molecular formula is C96H99BBr4Cl3F7LiN17O12. The molecule has 2 saturated heterocycles. The number of alkyl halides is 10. The number of rotatable bonds is 16. The number of benzene rings is 8. The second kappa shape index (κ2) is 48.2. The molecule has 45 heteroatoms. The van der Waals surface area contributed by atoms with Crippen LogP contribution >= 0.6 is 98.5 Å². The number of H-pyrrole nitrogens is 2. The molecule has 6 aliphatic heterocycles. The molecule has 0 radical (unpaired) electrons. The number of aromatic nitrogens is 12. The van der Waals surface area contributed by atoms with Crippen molar-refractivity contribution in [3.63, 3.8) is 0 Å². The second-order valence-corrected chi connectivity index (χ2v) is 38.8. The number of Topliss-reactive ketones (excluding diaryl/α,β-unsaturated/α-hetero) is 2. The number of aryl methyl sites for hydroxylation is 8. The van der Waals surface area contributed by atoms with E-state index in [0.717, 1.165) is 217 Å². The number of aromatic amines is 2. The Morgan fingerprint density at radius 2 is 0.816 bits per heavy atom. The first-order valence-corrected chi connectivity index (χ1v) is 48.6. The van der Waals surface area contributed by atoms with Gasteiger partial charge >= 0.3 is 48.7 Å². The van der Waals surface area contributed by atoms with Crippen molar-refractivity contribution < 1.29 is 109 Å². The van der Waals surface area contributed by atoms with Crippen molar-refractivity contribution in [2.24, 2.45) is 0 Å². The number of nitrogens with two attached hydrogens (primary N) is 2. The second-order valence-electron chi connectivity index (χ2n) is 34.0. The first kappa shape index (κ1) is 109. The van der Waals surface area contributed by atoms with Crippen LogP contribution in [0.5, 0.6) is 17.2 Å². The van der Waals surface area contributed by atoms with Crippen LogP contribution in [-0.4, -0.2) is 154 Å². The third kappa shape index (κ3) is 28.5. The van der Waals surface area contributed by atoms with Crippen LogP contribution in [0.15, 0.2) is 176 Å². The zero-order chi connectivity index (χ0) is 101. The molecule has 20 rings (SSSR count). The molecule has 2 amide bonds. The van der Waals surface area contributed by atoms with Crippen LogP contribution in [0.2, 0.25) is 0 Å². The molecular weight excluding hydrogens is 2160 g/mol. The maximum Gasteiger partial charge on any atom is 1.00 e. The number of carboxylic acid groups (broad SMARTS) is 1. The number of carbonyl (C=O) groups is 5. The summed E-state index contributed by atoms with van der Waals surface area (Å²) < 4.78 is 127. The number of ether oxygens (including phenoxy) is 3. The Kier molecular flexibility index (Phi) is 37.4. The molecule has 10 N–H and O–H groups in total. The molecule has 29 nitrogen and oxygen atoms in total. The van der Waals surface area contributed by atoms with Crippen molar-refractivity contribution in [3.05, 3.63) is 227 Å². The minimum atomic E-state index is -3.80. The van der Waals surface area contributed by atoms with E-state index in [-0.39, 0.29) is 88.9 Å². The largest absolute Gasteiger partial charge is 1.00 e. The number of imidazole rings is 4. The van der Waals surface area contributed by atoms with Crippen molar-refractivity contribution in [1.82, 2.24) is 58.6 Å². The molecule has 6 aliphatic rings. The zero-order valence-electron chi connectivity index (χ0n) is 78.5. The number of carbonyl (C=O) groups excluding carboxylic acids is 4. The van der Waals surface area contributed by atoms with Crippen LogP contribution in [0.25, 0.3) is 55.4 Å². The Hall–Kier alpha value is -10.5. The third-order valence-electron chi connectivity index (χ3n) is 23.6. The van der Waals surface area contributed by atoms with Crippen molar-refractivity contribution >= 4 is 213 Å². The summed E-state index contributed by atoms with van der Waals surface area (Å²) in [4.78, 5) is 80.3. The van der Waals surface area contributed by atoms with Gasteiger partial charge in [0.2, 0.25) is 0 Å². The van der Waals surface area contributed by atoms with Crippen molar-refractivity contribution in [1.29, 1.82) is 0 Å². The first-order chi connectivity index (χ1) is 66.4. The fourth-order valence-corrected chi connectivity index (χ4v) is 19.4. The van der Waals surface area contributed by atoms with Gasteiger partial charge in [0.25, 0.3) is 11.8 Å². The van der Waals surface area contributed by atoms with E-state index in [1.165, 1.54) is 105 Å². The standard InChI is InChI=1S/C22H18ClF2N5O2.C19H15BrClF2N3O2.C13H13BrN2O.C13H17BrN2O.C12H11BrN2O2.C9H15BN2O2.C7H6ClF2NO.CH3F.Li.H2O/c23-22(24,25)32-15-6-4-14(5-7-15)27-21(31)13-11-16(17-8-9-26-29-17)20-18(12-13)28-19-3-1-2-10-30(19)20;20-14-9-11(10-15-17(14)26-8-2-1-3-16(26)25-15)18(27)24-12-4-6-13(7-5-12)28-19(21,22)23;1-8(17)9-6-10(14)13-11(7-9)15-12-4-2-3-5-16(12)13;1-9(17)10-7-11(14)13(12(15)8-10)16-5-3-2-4-6-16;13-8-5-7(12(16)17)6-9-11(8)15-4-2-1-3-10(15)14-9;1-8(2)9(3,4)14-10(13-8)7-5-6-11-12-7;8-7(9,10)12-6-3-1-5(11)2-4-6;1-2;;/h4-9,11-12H,1-3,10H2,(H,26,29)(H,27,31);4-7,9-10H,1-3,8H2,(H,24,27);6-7H,2-5H2,1H3;7-8H,2-6,15H2,1H3;5-6H,1-4H2,(H,16,17);5-6H,1-4H3,(H,11,12);1-4H,11H2;1H3;;1H2/q;;;;;;;;+1;/p-1/i;;;;;;;1D;;. The van der Waals surface area contributed by atoms with Gasteiger partial charge in [-0.25, -0.2) is 24.7 Å². The fourth-order valence-electron chi connectivity index (χ4n) is 16.5. The van der Waals surface area contributed by atoms with Crippen LogP contribution in [0, 0.1) is 0 Å². The molecule has 12 heterocycles. The minimum Gasteiger partial charge on any atom is -0.870 e. The molecule has 0 bridgehead atoms. The summed E-state index contributed by atoms with van der Waals surface area (Å²) in [5.74, 6) is 2.54. The van der Waals surface area contributed by atoms with Crippen LogP contribution < -0.4 is 65.7 Å². The Balaban J connectivity index is 0.000000161. The van der Waals surface area contributed by atoms with E-state index >= 15 is 0 Å². The number of ketones is 2. The van der Waals surface area contributed by atoms with E-state index in [4.69, 9.17) is 55.4 Å². The molecule has 742 valence electrons. The van der Waals surface area contributed by atoms with Gasteiger partial charge in [-0.3, -0.25) is 33.8 Å². The van der Waals surface area contributed by atoms with Crippen molar-refractivity contribution in [2.45, 2.75) is 192 Å². The topological polar surface area (TPSA) is 390 Å². The predicted molar refractivity (Wildman–Crippen MR) is 540 cm³/mol. The molecule has 0 aliphatic carbocycles. The van der Waals surface area contributed by atoms with Gasteiger partial charge in [0.05, 0.1) is 92.1 Å². The molecule has 0 spiro atoms. The molecule has 6 aromatic heterocycles. The molecule has 0 saturated carbocycles. The number of amides is 2. The van der Waals surface area contributed by atoms with Crippen LogP contribution in [0.1, 0.15) is 189 Å². The van der Waals surface area contributed by atoms with Gasteiger partial charge in [0.1, 0.15) is 40.5 Å². The van der Waals surface area contributed by atoms with E-state index in [1.807, 2.05) is 58.0 Å². The van der Waals surface area contributed by atoms with E-state index in [0.29, 0.717) is 39.4 Å².